The van der Waals surface area contributed by atoms with Crippen LogP contribution in [0.4, 0.5) is 0 Å². The van der Waals surface area contributed by atoms with Crippen LogP contribution in [0.1, 0.15) is 23.5 Å². The summed E-state index contributed by atoms with van der Waals surface area (Å²) in [5.41, 5.74) is 2.63. The van der Waals surface area contributed by atoms with Gasteiger partial charge < -0.3 is 0 Å². The van der Waals surface area contributed by atoms with Crippen LogP contribution in [0.15, 0.2) is 54.6 Å². The molecule has 0 nitrogen and oxygen atoms in total. The number of halogens is 1. The van der Waals surface area contributed by atoms with Gasteiger partial charge in [-0.05, 0) is 48.9 Å². The summed E-state index contributed by atoms with van der Waals surface area (Å²) in [6.07, 6.45) is 2.10. The van der Waals surface area contributed by atoms with Gasteiger partial charge in [0, 0.05) is 5.02 Å². The van der Waals surface area contributed by atoms with Gasteiger partial charge in [0.15, 0.2) is 0 Å². The summed E-state index contributed by atoms with van der Waals surface area (Å²) in [5, 5.41) is 0.794. The van der Waals surface area contributed by atoms with Crippen LogP contribution in [-0.4, -0.2) is 0 Å². The smallest absolute Gasteiger partial charge is 0.0406 e. The molecule has 1 radical (unpaired) electrons. The van der Waals surface area contributed by atoms with E-state index in [0.717, 1.165) is 17.9 Å². The third-order valence-electron chi connectivity index (χ3n) is 2.97. The molecule has 2 aromatic rings. The molecule has 0 aromatic heterocycles. The van der Waals surface area contributed by atoms with E-state index in [9.17, 15) is 0 Å². The lowest BCUT2D eigenvalue weighted by Gasteiger charge is -2.11. The van der Waals surface area contributed by atoms with E-state index in [1.54, 1.807) is 0 Å². The zero-order chi connectivity index (χ0) is 12.1. The van der Waals surface area contributed by atoms with Crippen LogP contribution in [-0.2, 0) is 6.42 Å². The van der Waals surface area contributed by atoms with Gasteiger partial charge in [0.25, 0.3) is 0 Å². The highest BCUT2D eigenvalue weighted by Gasteiger charge is 2.05. The molecule has 0 saturated carbocycles. The van der Waals surface area contributed by atoms with Gasteiger partial charge >= 0.3 is 0 Å². The molecule has 0 spiro atoms. The molecule has 0 aliphatic carbocycles. The van der Waals surface area contributed by atoms with Crippen LogP contribution < -0.4 is 0 Å². The number of aryl methyl sites for hydroxylation is 1. The number of hydrogen-bond donors (Lipinski definition) is 0. The van der Waals surface area contributed by atoms with Crippen LogP contribution in [0.3, 0.4) is 0 Å². The summed E-state index contributed by atoms with van der Waals surface area (Å²) >= 11 is 5.86. The van der Waals surface area contributed by atoms with Crippen molar-refractivity contribution >= 4 is 11.6 Å². The van der Waals surface area contributed by atoms with Crippen molar-refractivity contribution in [3.05, 3.63) is 77.7 Å². The maximum absolute atomic E-state index is 5.86. The molecule has 0 aliphatic heterocycles. The molecule has 2 rings (SSSR count). The van der Waals surface area contributed by atoms with Gasteiger partial charge in [0.2, 0.25) is 0 Å². The van der Waals surface area contributed by atoms with Crippen LogP contribution >= 0.6 is 11.6 Å². The average molecular weight is 244 g/mol. The largest absolute Gasteiger partial charge is 0.0843 e. The van der Waals surface area contributed by atoms with Crippen LogP contribution in [0, 0.1) is 6.92 Å². The Kier molecular flexibility index (Phi) is 4.22. The number of benzene rings is 2. The summed E-state index contributed by atoms with van der Waals surface area (Å²) in [5.74, 6) is 0.354. The van der Waals surface area contributed by atoms with Crippen molar-refractivity contribution in [3.63, 3.8) is 0 Å². The molecule has 87 valence electrons. The topological polar surface area (TPSA) is 0 Å². The van der Waals surface area contributed by atoms with Crippen molar-refractivity contribution in [1.82, 2.24) is 0 Å². The van der Waals surface area contributed by atoms with Crippen molar-refractivity contribution in [2.45, 2.75) is 18.8 Å². The van der Waals surface area contributed by atoms with Crippen molar-refractivity contribution in [2.75, 3.05) is 0 Å². The molecule has 0 saturated heterocycles. The monoisotopic (exact) mass is 243 g/mol. The Bertz CT molecular complexity index is 445. The molecule has 0 heterocycles. The van der Waals surface area contributed by atoms with E-state index in [4.69, 9.17) is 11.6 Å². The van der Waals surface area contributed by atoms with Crippen molar-refractivity contribution < 1.29 is 0 Å². The Labute approximate surface area is 108 Å². The zero-order valence-corrected chi connectivity index (χ0v) is 10.5. The molecule has 2 aromatic carbocycles. The van der Waals surface area contributed by atoms with Gasteiger partial charge in [-0.1, -0.05) is 54.1 Å². The molecule has 0 amide bonds. The van der Waals surface area contributed by atoms with Gasteiger partial charge in [-0.2, -0.15) is 0 Å². The van der Waals surface area contributed by atoms with Crippen LogP contribution in [0.5, 0.6) is 0 Å². The summed E-state index contributed by atoms with van der Waals surface area (Å²) in [4.78, 5) is 0. The normalized spacial score (nSPS) is 12.4. The Morgan fingerprint density at radius 2 is 1.59 bits per heavy atom. The summed E-state index contributed by atoms with van der Waals surface area (Å²) in [6, 6.07) is 18.5. The molecule has 0 aliphatic rings. The highest BCUT2D eigenvalue weighted by Crippen LogP contribution is 2.21. The van der Waals surface area contributed by atoms with Gasteiger partial charge in [-0.3, -0.25) is 0 Å². The second-order valence-electron chi connectivity index (χ2n) is 4.27. The van der Waals surface area contributed by atoms with Gasteiger partial charge in [-0.25, -0.2) is 0 Å². The number of rotatable bonds is 4. The molecule has 0 N–H and O–H groups in total. The molecular weight excluding hydrogens is 228 g/mol. The van der Waals surface area contributed by atoms with Crippen LogP contribution in [0.25, 0.3) is 0 Å². The van der Waals surface area contributed by atoms with Gasteiger partial charge in [0.1, 0.15) is 0 Å². The Hall–Kier alpha value is -1.27. The van der Waals surface area contributed by atoms with E-state index < -0.39 is 0 Å². The van der Waals surface area contributed by atoms with E-state index >= 15 is 0 Å². The first-order valence-electron chi connectivity index (χ1n) is 5.88. The van der Waals surface area contributed by atoms with Crippen LogP contribution in [0.2, 0.25) is 5.02 Å². The predicted octanol–water partition coefficient (Wildman–Crippen LogP) is 4.89. The Morgan fingerprint density at radius 1 is 0.941 bits per heavy atom. The first-order chi connectivity index (χ1) is 8.25. The lowest BCUT2D eigenvalue weighted by atomic mass is 9.94. The number of hydrogen-bond acceptors (Lipinski definition) is 0. The maximum atomic E-state index is 5.86. The zero-order valence-electron chi connectivity index (χ0n) is 9.77. The fourth-order valence-electron chi connectivity index (χ4n) is 1.88. The molecule has 0 unspecified atom stereocenters. The minimum atomic E-state index is 0.354. The molecule has 0 bridgehead atoms. The minimum Gasteiger partial charge on any atom is -0.0843 e. The summed E-state index contributed by atoms with van der Waals surface area (Å²) in [6.45, 7) is 4.21. The van der Waals surface area contributed by atoms with E-state index in [1.165, 1.54) is 11.1 Å². The second kappa shape index (κ2) is 5.88. The van der Waals surface area contributed by atoms with E-state index in [1.807, 2.05) is 18.2 Å². The van der Waals surface area contributed by atoms with Crippen molar-refractivity contribution in [1.29, 1.82) is 0 Å². The third kappa shape index (κ3) is 3.61. The van der Waals surface area contributed by atoms with E-state index in [0.29, 0.717) is 5.92 Å². The fourth-order valence-corrected chi connectivity index (χ4v) is 2.01. The molecule has 0 fully saturated rings. The quantitative estimate of drug-likeness (QED) is 0.717. The highest BCUT2D eigenvalue weighted by atomic mass is 35.5. The van der Waals surface area contributed by atoms with E-state index in [2.05, 4.69) is 43.3 Å². The first kappa shape index (κ1) is 12.2. The summed E-state index contributed by atoms with van der Waals surface area (Å²) in [7, 11) is 0. The SMILES string of the molecule is [CH2][C@@H](CCc1ccc(Cl)cc1)c1ccccc1. The highest BCUT2D eigenvalue weighted by molar-refractivity contribution is 6.30. The predicted molar refractivity (Wildman–Crippen MR) is 74.3 cm³/mol. The van der Waals surface area contributed by atoms with E-state index in [-0.39, 0.29) is 0 Å². The molecule has 1 heteroatoms. The Morgan fingerprint density at radius 3 is 2.24 bits per heavy atom. The molecular formula is C16H16Cl. The third-order valence-corrected chi connectivity index (χ3v) is 3.22. The maximum Gasteiger partial charge on any atom is 0.0406 e. The standard InChI is InChI=1S/C16H16Cl/c1-13(15-5-3-2-4-6-15)7-8-14-9-11-16(17)12-10-14/h2-6,9-13H,1,7-8H2/t13-/m0/s1. The van der Waals surface area contributed by atoms with Gasteiger partial charge in [0.05, 0.1) is 0 Å². The average Bonchev–Trinajstić information content (AvgIpc) is 2.39. The van der Waals surface area contributed by atoms with Crippen molar-refractivity contribution in [2.24, 2.45) is 0 Å². The van der Waals surface area contributed by atoms with Crippen molar-refractivity contribution in [3.8, 4) is 0 Å². The lowest BCUT2D eigenvalue weighted by molar-refractivity contribution is 0.733. The lowest BCUT2D eigenvalue weighted by Crippen LogP contribution is -1.96. The summed E-state index contributed by atoms with van der Waals surface area (Å²) < 4.78 is 0. The fraction of sp³-hybridized carbons (Fsp3) is 0.188. The Balaban J connectivity index is 1.92. The second-order valence-corrected chi connectivity index (χ2v) is 4.71. The minimum absolute atomic E-state index is 0.354. The van der Waals surface area contributed by atoms with Gasteiger partial charge in [-0.15, -0.1) is 0 Å². The molecule has 1 atom stereocenters. The molecule has 17 heavy (non-hydrogen) atoms. The first-order valence-corrected chi connectivity index (χ1v) is 6.26.